The fourth-order valence-electron chi connectivity index (χ4n) is 3.63. The largest absolute Gasteiger partial charge is 0.385 e. The summed E-state index contributed by atoms with van der Waals surface area (Å²) in [5.74, 6) is -0.0540. The van der Waals surface area contributed by atoms with Crippen molar-refractivity contribution in [3.8, 4) is 0 Å². The first kappa shape index (κ1) is 19.7. The van der Waals surface area contributed by atoms with Crippen molar-refractivity contribution in [3.63, 3.8) is 0 Å². The number of fused-ring (bicyclic) bond motifs is 1. The van der Waals surface area contributed by atoms with Gasteiger partial charge in [-0.05, 0) is 42.7 Å². The van der Waals surface area contributed by atoms with Crippen LogP contribution >= 0.6 is 0 Å². The van der Waals surface area contributed by atoms with Crippen molar-refractivity contribution in [3.05, 3.63) is 95.9 Å². The summed E-state index contributed by atoms with van der Waals surface area (Å²) in [6.07, 6.45) is 4.65. The van der Waals surface area contributed by atoms with E-state index in [-0.39, 0.29) is 5.91 Å². The second-order valence-corrected chi connectivity index (χ2v) is 7.27. The van der Waals surface area contributed by atoms with Crippen LogP contribution in [-0.2, 0) is 13.0 Å². The zero-order chi connectivity index (χ0) is 20.8. The third-order valence-electron chi connectivity index (χ3n) is 5.26. The van der Waals surface area contributed by atoms with Gasteiger partial charge in [-0.1, -0.05) is 48.5 Å². The number of pyridine rings is 1. The minimum atomic E-state index is -0.0540. The number of rotatable bonds is 8. The molecule has 0 radical (unpaired) electrons. The highest BCUT2D eigenvalue weighted by Gasteiger charge is 2.16. The number of amides is 1. The molecule has 4 aromatic rings. The molecule has 30 heavy (non-hydrogen) atoms. The molecule has 0 aliphatic carbocycles. The van der Waals surface area contributed by atoms with Crippen LogP contribution in [0.1, 0.15) is 28.5 Å². The maximum absolute atomic E-state index is 13.0. The van der Waals surface area contributed by atoms with Crippen molar-refractivity contribution < 1.29 is 4.79 Å². The van der Waals surface area contributed by atoms with Crippen molar-refractivity contribution in [2.75, 3.05) is 18.4 Å². The molecular formula is C25H26N4O. The first-order valence-electron chi connectivity index (χ1n) is 10.3. The van der Waals surface area contributed by atoms with E-state index in [0.29, 0.717) is 18.8 Å². The second-order valence-electron chi connectivity index (χ2n) is 7.27. The summed E-state index contributed by atoms with van der Waals surface area (Å²) < 4.78 is 0. The molecule has 2 heterocycles. The quantitative estimate of drug-likeness (QED) is 0.445. The van der Waals surface area contributed by atoms with Crippen molar-refractivity contribution in [1.82, 2.24) is 14.9 Å². The van der Waals surface area contributed by atoms with E-state index in [1.807, 2.05) is 60.4 Å². The van der Waals surface area contributed by atoms with Gasteiger partial charge in [0.25, 0.3) is 5.91 Å². The van der Waals surface area contributed by atoms with Gasteiger partial charge in [-0.3, -0.25) is 9.78 Å². The summed E-state index contributed by atoms with van der Waals surface area (Å²) in [6, 6.07) is 22.1. The summed E-state index contributed by atoms with van der Waals surface area (Å²) in [4.78, 5) is 22.4. The molecule has 4 rings (SSSR count). The predicted molar refractivity (Wildman–Crippen MR) is 122 cm³/mol. The fraction of sp³-hybridized carbons (Fsp3) is 0.200. The van der Waals surface area contributed by atoms with Crippen molar-refractivity contribution >= 4 is 22.5 Å². The van der Waals surface area contributed by atoms with Gasteiger partial charge < -0.3 is 15.2 Å². The van der Waals surface area contributed by atoms with Crippen molar-refractivity contribution in [2.45, 2.75) is 19.9 Å². The molecule has 0 fully saturated rings. The Hall–Kier alpha value is -3.60. The number of nitrogens with zero attached hydrogens (tertiary/aromatic N) is 2. The van der Waals surface area contributed by atoms with E-state index in [9.17, 15) is 4.79 Å². The Kier molecular flexibility index (Phi) is 6.09. The summed E-state index contributed by atoms with van der Waals surface area (Å²) in [5.41, 5.74) is 4.92. The average Bonchev–Trinajstić information content (AvgIpc) is 3.21. The van der Waals surface area contributed by atoms with Gasteiger partial charge in [0.1, 0.15) is 5.69 Å². The van der Waals surface area contributed by atoms with Crippen LogP contribution in [0.3, 0.4) is 0 Å². The van der Waals surface area contributed by atoms with E-state index < -0.39 is 0 Å². The number of hydrogen-bond donors (Lipinski definition) is 2. The number of carbonyl (C=O) groups excluding carboxylic acids is 1. The van der Waals surface area contributed by atoms with Gasteiger partial charge in [-0.2, -0.15) is 0 Å². The molecule has 0 atom stereocenters. The fourth-order valence-corrected chi connectivity index (χ4v) is 3.63. The lowest BCUT2D eigenvalue weighted by molar-refractivity contribution is 0.0746. The smallest absolute Gasteiger partial charge is 0.272 e. The molecule has 5 nitrogen and oxygen atoms in total. The SMILES string of the molecule is CCN(Cc1ccccc1)C(=O)c1cc(NCCc2c[nH]c3ccccc23)ccn1. The second kappa shape index (κ2) is 9.27. The van der Waals surface area contributed by atoms with Crippen molar-refractivity contribution in [2.24, 2.45) is 0 Å². The molecule has 0 unspecified atom stereocenters. The molecule has 2 N–H and O–H groups in total. The van der Waals surface area contributed by atoms with Crippen LogP contribution in [0.2, 0.25) is 0 Å². The molecule has 152 valence electrons. The summed E-state index contributed by atoms with van der Waals surface area (Å²) in [6.45, 7) is 3.98. The highest BCUT2D eigenvalue weighted by molar-refractivity contribution is 5.93. The third kappa shape index (κ3) is 4.51. The number of H-pyrrole nitrogens is 1. The first-order valence-corrected chi connectivity index (χ1v) is 10.3. The number of aromatic amines is 1. The van der Waals surface area contributed by atoms with Gasteiger partial charge in [0, 0.05) is 48.6 Å². The molecule has 0 bridgehead atoms. The Labute approximate surface area is 176 Å². The Morgan fingerprint density at radius 1 is 1.07 bits per heavy atom. The molecule has 5 heteroatoms. The molecular weight excluding hydrogens is 372 g/mol. The number of benzene rings is 2. The summed E-state index contributed by atoms with van der Waals surface area (Å²) >= 11 is 0. The summed E-state index contributed by atoms with van der Waals surface area (Å²) in [7, 11) is 0. The van der Waals surface area contributed by atoms with Gasteiger partial charge in [0.2, 0.25) is 0 Å². The monoisotopic (exact) mass is 398 g/mol. The highest BCUT2D eigenvalue weighted by atomic mass is 16.2. The molecule has 2 aromatic carbocycles. The number of nitrogens with one attached hydrogen (secondary N) is 2. The topological polar surface area (TPSA) is 61.0 Å². The maximum Gasteiger partial charge on any atom is 0.272 e. The number of para-hydroxylation sites is 1. The van der Waals surface area contributed by atoms with Crippen molar-refractivity contribution in [1.29, 1.82) is 0 Å². The summed E-state index contributed by atoms with van der Waals surface area (Å²) in [5, 5.41) is 4.68. The Bertz CT molecular complexity index is 1120. The third-order valence-corrected chi connectivity index (χ3v) is 5.26. The van der Waals surface area contributed by atoms with Gasteiger partial charge in [-0.25, -0.2) is 0 Å². The van der Waals surface area contributed by atoms with Gasteiger partial charge in [-0.15, -0.1) is 0 Å². The van der Waals surface area contributed by atoms with Crippen LogP contribution in [0.4, 0.5) is 5.69 Å². The molecule has 0 saturated heterocycles. The van der Waals surface area contributed by atoms with Gasteiger partial charge in [0.15, 0.2) is 0 Å². The van der Waals surface area contributed by atoms with E-state index in [1.54, 1.807) is 6.20 Å². The van der Waals surface area contributed by atoms with E-state index in [0.717, 1.165) is 29.7 Å². The van der Waals surface area contributed by atoms with E-state index in [4.69, 9.17) is 0 Å². The van der Waals surface area contributed by atoms with Gasteiger partial charge >= 0.3 is 0 Å². The molecule has 2 aromatic heterocycles. The van der Waals surface area contributed by atoms with Crippen LogP contribution in [0.25, 0.3) is 10.9 Å². The van der Waals surface area contributed by atoms with Crippen LogP contribution in [0, 0.1) is 0 Å². The van der Waals surface area contributed by atoms with Crippen LogP contribution in [0.15, 0.2) is 79.1 Å². The zero-order valence-electron chi connectivity index (χ0n) is 17.1. The average molecular weight is 399 g/mol. The maximum atomic E-state index is 13.0. The lowest BCUT2D eigenvalue weighted by atomic mass is 10.1. The molecule has 1 amide bonds. The lowest BCUT2D eigenvalue weighted by Gasteiger charge is -2.21. The Morgan fingerprint density at radius 3 is 2.70 bits per heavy atom. The molecule has 0 saturated carbocycles. The zero-order valence-corrected chi connectivity index (χ0v) is 17.1. The number of anilines is 1. The number of hydrogen-bond acceptors (Lipinski definition) is 3. The molecule has 0 spiro atoms. The predicted octanol–water partition coefficient (Wildman–Crippen LogP) is 4.88. The minimum absolute atomic E-state index is 0.0540. The molecule has 0 aliphatic heterocycles. The van der Waals surface area contributed by atoms with E-state index >= 15 is 0 Å². The number of aromatic nitrogens is 2. The van der Waals surface area contributed by atoms with E-state index in [1.165, 1.54) is 10.9 Å². The Balaban J connectivity index is 1.39. The first-order chi connectivity index (χ1) is 14.7. The normalized spacial score (nSPS) is 10.8. The highest BCUT2D eigenvalue weighted by Crippen LogP contribution is 2.18. The standard InChI is InChI=1S/C25H26N4O/c1-2-29(18-19-8-4-3-5-9-19)25(30)24-16-21(13-15-27-24)26-14-12-20-17-28-23-11-7-6-10-22(20)23/h3-11,13,15-17,28H,2,12,14,18H2,1H3,(H,26,27). The lowest BCUT2D eigenvalue weighted by Crippen LogP contribution is -2.31. The van der Waals surface area contributed by atoms with Gasteiger partial charge in [0.05, 0.1) is 0 Å². The van der Waals surface area contributed by atoms with Crippen LogP contribution in [0.5, 0.6) is 0 Å². The molecule has 0 aliphatic rings. The minimum Gasteiger partial charge on any atom is -0.385 e. The van der Waals surface area contributed by atoms with Crippen LogP contribution < -0.4 is 5.32 Å². The Morgan fingerprint density at radius 2 is 1.87 bits per heavy atom. The number of carbonyl (C=O) groups is 1. The van der Waals surface area contributed by atoms with E-state index in [2.05, 4.69) is 39.7 Å². The van der Waals surface area contributed by atoms with Crippen LogP contribution in [-0.4, -0.2) is 33.9 Å².